The monoisotopic (exact) mass is 349 g/mol. The molecule has 0 amide bonds. The van der Waals surface area contributed by atoms with Crippen molar-refractivity contribution in [3.63, 3.8) is 0 Å². The molecule has 0 aromatic carbocycles. The van der Waals surface area contributed by atoms with Crippen molar-refractivity contribution in [2.75, 3.05) is 11.2 Å². The molecule has 1 atom stereocenters. The van der Waals surface area contributed by atoms with Crippen LogP contribution in [0, 0.1) is 0 Å². The van der Waals surface area contributed by atoms with Crippen molar-refractivity contribution in [3.8, 4) is 0 Å². The number of nitrogens with zero attached hydrogens (tertiary/aromatic N) is 2. The number of rotatable bonds is 6. The molecule has 0 spiro atoms. The van der Waals surface area contributed by atoms with Crippen molar-refractivity contribution >= 4 is 37.3 Å². The fraction of sp³-hybridized carbons (Fsp3) is 0.300. The Morgan fingerprint density at radius 1 is 1.50 bits per heavy atom. The summed E-state index contributed by atoms with van der Waals surface area (Å²) in [5.41, 5.74) is 0. The zero-order valence-electron chi connectivity index (χ0n) is 9.36. The van der Waals surface area contributed by atoms with Gasteiger partial charge in [-0.2, -0.15) is 5.10 Å². The molecule has 18 heavy (non-hydrogen) atoms. The fourth-order valence-electron chi connectivity index (χ4n) is 1.51. The van der Waals surface area contributed by atoms with Crippen molar-refractivity contribution in [2.45, 2.75) is 6.04 Å². The van der Waals surface area contributed by atoms with Crippen LogP contribution in [0.5, 0.6) is 0 Å². The minimum atomic E-state index is -3.27. The van der Waals surface area contributed by atoms with Gasteiger partial charge in [0, 0.05) is 23.8 Å². The van der Waals surface area contributed by atoms with Gasteiger partial charge < -0.3 is 0 Å². The zero-order valence-corrected chi connectivity index (χ0v) is 12.6. The number of halogens is 1. The van der Waals surface area contributed by atoms with E-state index in [2.05, 4.69) is 25.8 Å². The summed E-state index contributed by atoms with van der Waals surface area (Å²) in [5.74, 6) is 0. The molecule has 0 fully saturated rings. The van der Waals surface area contributed by atoms with Crippen molar-refractivity contribution in [3.05, 3.63) is 40.8 Å². The molecule has 0 aliphatic carbocycles. The molecule has 98 valence electrons. The molecule has 0 aliphatic heterocycles. The highest BCUT2D eigenvalue weighted by atomic mass is 79.9. The van der Waals surface area contributed by atoms with Crippen LogP contribution >= 0.6 is 27.3 Å². The first kappa shape index (κ1) is 13.7. The smallest absolute Gasteiger partial charge is 0.221 e. The lowest BCUT2D eigenvalue weighted by Crippen LogP contribution is -2.31. The molecule has 2 aromatic rings. The summed E-state index contributed by atoms with van der Waals surface area (Å²) >= 11 is 4.53. The van der Waals surface area contributed by atoms with Crippen LogP contribution in [0.3, 0.4) is 0 Å². The quantitative estimate of drug-likeness (QED) is 0.808. The van der Waals surface area contributed by atoms with Crippen molar-refractivity contribution in [2.24, 2.45) is 0 Å². The summed E-state index contributed by atoms with van der Waals surface area (Å²) in [6.45, 7) is 0.288. The molecule has 2 heterocycles. The molecule has 0 radical (unpaired) electrons. The lowest BCUT2D eigenvalue weighted by atomic mass is 10.2. The fourth-order valence-corrected chi connectivity index (χ4v) is 3.31. The third-order valence-electron chi connectivity index (χ3n) is 2.36. The van der Waals surface area contributed by atoms with Crippen LogP contribution < -0.4 is 4.72 Å². The maximum atomic E-state index is 11.5. The number of hydrogen-bond donors (Lipinski definition) is 1. The molecule has 0 bridgehead atoms. The van der Waals surface area contributed by atoms with Gasteiger partial charge in [0.1, 0.15) is 4.66 Å². The average molecular weight is 350 g/mol. The first-order valence-corrected chi connectivity index (χ1v) is 8.83. The van der Waals surface area contributed by atoms with E-state index in [9.17, 15) is 8.42 Å². The lowest BCUT2D eigenvalue weighted by Gasteiger charge is -2.16. The summed E-state index contributed by atoms with van der Waals surface area (Å²) in [5, 5.41) is 6.14. The van der Waals surface area contributed by atoms with Gasteiger partial charge in [0.05, 0.1) is 6.04 Å². The molecule has 2 aromatic heterocycles. The Labute approximate surface area is 118 Å². The Balaban J connectivity index is 2.17. The third kappa shape index (κ3) is 3.41. The first-order valence-electron chi connectivity index (χ1n) is 5.18. The summed E-state index contributed by atoms with van der Waals surface area (Å²) in [6.07, 6.45) is 3.51. The summed E-state index contributed by atoms with van der Waals surface area (Å²) in [7, 11) is -3.27. The van der Waals surface area contributed by atoms with E-state index in [0.717, 1.165) is 4.88 Å². The summed E-state index contributed by atoms with van der Waals surface area (Å²) < 4.78 is 27.1. The Morgan fingerprint density at radius 2 is 2.33 bits per heavy atom. The van der Waals surface area contributed by atoms with Crippen LogP contribution in [0.1, 0.15) is 10.9 Å². The minimum absolute atomic E-state index is 0.101. The number of hydrogen-bond acceptors (Lipinski definition) is 4. The maximum absolute atomic E-state index is 11.5. The second-order valence-corrected chi connectivity index (χ2v) is 7.68. The molecule has 0 aliphatic rings. The second-order valence-electron chi connectivity index (χ2n) is 3.59. The number of alkyl halides is 1. The molecule has 1 N–H and O–H groups in total. The Kier molecular flexibility index (Phi) is 4.55. The van der Waals surface area contributed by atoms with Crippen molar-refractivity contribution < 1.29 is 8.42 Å². The normalized spacial score (nSPS) is 13.6. The Morgan fingerprint density at radius 3 is 2.89 bits per heavy atom. The van der Waals surface area contributed by atoms with E-state index in [0.29, 0.717) is 0 Å². The van der Waals surface area contributed by atoms with Crippen LogP contribution in [0.4, 0.5) is 0 Å². The van der Waals surface area contributed by atoms with Crippen molar-refractivity contribution in [1.29, 1.82) is 0 Å². The van der Waals surface area contributed by atoms with Crippen LogP contribution in [-0.2, 0) is 10.0 Å². The van der Waals surface area contributed by atoms with E-state index in [1.807, 2.05) is 29.8 Å². The predicted octanol–water partition coefficient (Wildman–Crippen LogP) is 1.81. The molecular formula is C10H12BrN3O2S2. The number of sulfonamides is 1. The van der Waals surface area contributed by atoms with E-state index >= 15 is 0 Å². The van der Waals surface area contributed by atoms with Crippen LogP contribution in [0.25, 0.3) is 0 Å². The summed E-state index contributed by atoms with van der Waals surface area (Å²) in [4.78, 5) is 1.07. The van der Waals surface area contributed by atoms with E-state index in [-0.39, 0.29) is 17.2 Å². The Bertz CT molecular complexity index is 532. The molecule has 1 unspecified atom stereocenters. The Hall–Kier alpha value is -0.700. The van der Waals surface area contributed by atoms with Crippen LogP contribution in [-0.4, -0.2) is 29.4 Å². The van der Waals surface area contributed by atoms with E-state index in [1.165, 1.54) is 0 Å². The van der Waals surface area contributed by atoms with Crippen molar-refractivity contribution in [1.82, 2.24) is 14.5 Å². The topological polar surface area (TPSA) is 64.0 Å². The van der Waals surface area contributed by atoms with Crippen LogP contribution in [0.15, 0.2) is 36.0 Å². The maximum Gasteiger partial charge on any atom is 0.221 e. The SMILES string of the molecule is O=S(=O)(CBr)NCC(c1cccs1)n1cccn1. The molecule has 5 nitrogen and oxygen atoms in total. The molecular weight excluding hydrogens is 338 g/mol. The van der Waals surface area contributed by atoms with Gasteiger partial charge in [-0.3, -0.25) is 4.68 Å². The lowest BCUT2D eigenvalue weighted by molar-refractivity contribution is 0.513. The highest BCUT2D eigenvalue weighted by Crippen LogP contribution is 2.22. The van der Waals surface area contributed by atoms with Gasteiger partial charge in [-0.05, 0) is 17.5 Å². The number of nitrogens with one attached hydrogen (secondary N) is 1. The summed E-state index contributed by atoms with van der Waals surface area (Å²) in [6, 6.07) is 5.61. The van der Waals surface area contributed by atoms with Gasteiger partial charge in [-0.1, -0.05) is 22.0 Å². The number of aromatic nitrogens is 2. The highest BCUT2D eigenvalue weighted by molar-refractivity contribution is 9.10. The third-order valence-corrected chi connectivity index (χ3v) is 6.03. The van der Waals surface area contributed by atoms with Gasteiger partial charge in [0.15, 0.2) is 0 Å². The molecule has 8 heteroatoms. The van der Waals surface area contributed by atoms with E-state index in [1.54, 1.807) is 22.2 Å². The average Bonchev–Trinajstić information content (AvgIpc) is 3.01. The van der Waals surface area contributed by atoms with Gasteiger partial charge >= 0.3 is 0 Å². The molecule has 2 rings (SSSR count). The van der Waals surface area contributed by atoms with Gasteiger partial charge in [-0.15, -0.1) is 11.3 Å². The van der Waals surface area contributed by atoms with E-state index in [4.69, 9.17) is 0 Å². The largest absolute Gasteiger partial charge is 0.263 e. The highest BCUT2D eigenvalue weighted by Gasteiger charge is 2.18. The van der Waals surface area contributed by atoms with Crippen LogP contribution in [0.2, 0.25) is 0 Å². The molecule has 0 saturated heterocycles. The number of thiophene rings is 1. The van der Waals surface area contributed by atoms with Gasteiger partial charge in [0.25, 0.3) is 0 Å². The van der Waals surface area contributed by atoms with Gasteiger partial charge in [0.2, 0.25) is 10.0 Å². The first-order chi connectivity index (χ1) is 8.62. The standard InChI is InChI=1S/C10H12BrN3O2S2/c11-8-18(15,16)13-7-9(10-3-1-6-17-10)14-5-2-4-12-14/h1-6,9,13H,7-8H2. The molecule has 0 saturated carbocycles. The van der Waals surface area contributed by atoms with E-state index < -0.39 is 10.0 Å². The second kappa shape index (κ2) is 5.96. The van der Waals surface area contributed by atoms with Gasteiger partial charge in [-0.25, -0.2) is 13.1 Å². The zero-order chi connectivity index (χ0) is 13.0. The minimum Gasteiger partial charge on any atom is -0.263 e. The predicted molar refractivity (Wildman–Crippen MR) is 75.4 cm³/mol.